The second kappa shape index (κ2) is 7.18. The normalized spacial score (nSPS) is 10.3. The maximum Gasteiger partial charge on any atom is 0.165 e. The number of benzene rings is 2. The lowest BCUT2D eigenvalue weighted by atomic mass is 10.1. The molecule has 0 saturated carbocycles. The molecule has 0 aromatic heterocycles. The smallest absolute Gasteiger partial charge is 0.165 e. The summed E-state index contributed by atoms with van der Waals surface area (Å²) in [5.74, 6) is 0.992. The van der Waals surface area contributed by atoms with Crippen molar-refractivity contribution < 1.29 is 13.9 Å². The Kier molecular flexibility index (Phi) is 5.28. The fourth-order valence-electron chi connectivity index (χ4n) is 2.05. The molecule has 0 bridgehead atoms. The Labute approximate surface area is 128 Å². The largest absolute Gasteiger partial charge is 0.493 e. The van der Waals surface area contributed by atoms with Crippen LogP contribution >= 0.6 is 11.6 Å². The summed E-state index contributed by atoms with van der Waals surface area (Å²) in [5.41, 5.74) is 1.53. The van der Waals surface area contributed by atoms with Crippen LogP contribution in [0.5, 0.6) is 11.5 Å². The summed E-state index contributed by atoms with van der Waals surface area (Å²) in [5, 5.41) is 3.48. The van der Waals surface area contributed by atoms with E-state index >= 15 is 0 Å². The number of rotatable bonds is 6. The van der Waals surface area contributed by atoms with Gasteiger partial charge in [-0.2, -0.15) is 0 Å². The number of hydrogen-bond acceptors (Lipinski definition) is 3. The Hall–Kier alpha value is -1.94. The fourth-order valence-corrected chi connectivity index (χ4v) is 2.28. The fraction of sp³-hybridized carbons (Fsp3) is 0.250. The van der Waals surface area contributed by atoms with Gasteiger partial charge in [-0.25, -0.2) is 4.39 Å². The number of anilines is 1. The van der Waals surface area contributed by atoms with Crippen LogP contribution in [0.4, 0.5) is 10.1 Å². The minimum Gasteiger partial charge on any atom is -0.493 e. The van der Waals surface area contributed by atoms with E-state index in [9.17, 15) is 4.39 Å². The molecule has 1 N–H and O–H groups in total. The van der Waals surface area contributed by atoms with Gasteiger partial charge in [0.1, 0.15) is 5.82 Å². The highest BCUT2D eigenvalue weighted by molar-refractivity contribution is 6.30. The summed E-state index contributed by atoms with van der Waals surface area (Å²) in [4.78, 5) is 0. The Morgan fingerprint density at radius 1 is 1.24 bits per heavy atom. The molecule has 0 fully saturated rings. The van der Waals surface area contributed by atoms with Gasteiger partial charge in [-0.1, -0.05) is 23.7 Å². The Morgan fingerprint density at radius 2 is 2.05 bits per heavy atom. The molecule has 112 valence electrons. The van der Waals surface area contributed by atoms with E-state index in [0.29, 0.717) is 35.4 Å². The zero-order chi connectivity index (χ0) is 15.2. The van der Waals surface area contributed by atoms with Crippen molar-refractivity contribution in [2.75, 3.05) is 19.0 Å². The minimum atomic E-state index is -0.375. The van der Waals surface area contributed by atoms with Gasteiger partial charge in [-0.3, -0.25) is 0 Å². The summed E-state index contributed by atoms with van der Waals surface area (Å²) >= 11 is 5.83. The zero-order valence-electron chi connectivity index (χ0n) is 12.0. The first-order valence-electron chi connectivity index (χ1n) is 6.62. The van der Waals surface area contributed by atoms with Gasteiger partial charge < -0.3 is 14.8 Å². The van der Waals surface area contributed by atoms with Gasteiger partial charge in [-0.15, -0.1) is 0 Å². The van der Waals surface area contributed by atoms with Crippen LogP contribution < -0.4 is 14.8 Å². The van der Waals surface area contributed by atoms with Crippen LogP contribution in [0.3, 0.4) is 0 Å². The number of para-hydroxylation sites is 1. The molecule has 5 heteroatoms. The van der Waals surface area contributed by atoms with Crippen molar-refractivity contribution in [3.8, 4) is 11.5 Å². The molecule has 0 unspecified atom stereocenters. The average molecular weight is 310 g/mol. The molecule has 0 heterocycles. The molecular formula is C16H17ClFNO2. The third-order valence-electron chi connectivity index (χ3n) is 2.91. The van der Waals surface area contributed by atoms with Crippen molar-refractivity contribution in [3.63, 3.8) is 0 Å². The van der Waals surface area contributed by atoms with Gasteiger partial charge in [0.05, 0.1) is 13.7 Å². The highest BCUT2D eigenvalue weighted by atomic mass is 35.5. The number of methoxy groups -OCH3 is 1. The lowest BCUT2D eigenvalue weighted by molar-refractivity contribution is 0.309. The van der Waals surface area contributed by atoms with Gasteiger partial charge >= 0.3 is 0 Å². The predicted octanol–water partition coefficient (Wildman–Crippen LogP) is 4.50. The van der Waals surface area contributed by atoms with E-state index in [-0.39, 0.29) is 5.82 Å². The molecule has 0 saturated heterocycles. The molecular weight excluding hydrogens is 293 g/mol. The minimum absolute atomic E-state index is 0.354. The first kappa shape index (κ1) is 15.4. The third-order valence-corrected chi connectivity index (χ3v) is 3.13. The van der Waals surface area contributed by atoms with Crippen LogP contribution in [-0.2, 0) is 6.54 Å². The van der Waals surface area contributed by atoms with E-state index in [2.05, 4.69) is 5.32 Å². The molecule has 21 heavy (non-hydrogen) atoms. The molecule has 2 aromatic rings. The van der Waals surface area contributed by atoms with Crippen LogP contribution in [0.1, 0.15) is 12.5 Å². The highest BCUT2D eigenvalue weighted by Crippen LogP contribution is 2.31. The summed E-state index contributed by atoms with van der Waals surface area (Å²) in [7, 11) is 1.60. The van der Waals surface area contributed by atoms with E-state index in [1.807, 2.05) is 25.1 Å². The van der Waals surface area contributed by atoms with E-state index in [1.165, 1.54) is 12.1 Å². The van der Waals surface area contributed by atoms with Crippen molar-refractivity contribution in [2.45, 2.75) is 13.5 Å². The lowest BCUT2D eigenvalue weighted by Crippen LogP contribution is -2.04. The van der Waals surface area contributed by atoms with Crippen molar-refractivity contribution in [1.82, 2.24) is 0 Å². The van der Waals surface area contributed by atoms with E-state index in [1.54, 1.807) is 13.2 Å². The number of halogens is 2. The van der Waals surface area contributed by atoms with Crippen molar-refractivity contribution in [3.05, 3.63) is 52.8 Å². The van der Waals surface area contributed by atoms with Gasteiger partial charge in [-0.05, 0) is 31.2 Å². The van der Waals surface area contributed by atoms with Gasteiger partial charge in [0.2, 0.25) is 0 Å². The summed E-state index contributed by atoms with van der Waals surface area (Å²) < 4.78 is 24.2. The van der Waals surface area contributed by atoms with E-state index in [0.717, 1.165) is 5.56 Å². The topological polar surface area (TPSA) is 30.5 Å². The molecule has 2 aromatic carbocycles. The highest BCUT2D eigenvalue weighted by Gasteiger charge is 2.10. The van der Waals surface area contributed by atoms with Crippen molar-refractivity contribution >= 4 is 17.3 Å². The van der Waals surface area contributed by atoms with Crippen LogP contribution in [-0.4, -0.2) is 13.7 Å². The molecule has 0 aliphatic heterocycles. The first-order valence-corrected chi connectivity index (χ1v) is 7.00. The van der Waals surface area contributed by atoms with Gasteiger partial charge in [0.25, 0.3) is 0 Å². The third kappa shape index (κ3) is 4.02. The molecule has 0 spiro atoms. The maximum atomic E-state index is 13.3. The lowest BCUT2D eigenvalue weighted by Gasteiger charge is -2.14. The molecule has 0 atom stereocenters. The number of nitrogens with one attached hydrogen (secondary N) is 1. The molecule has 0 aliphatic rings. The Morgan fingerprint density at radius 3 is 2.71 bits per heavy atom. The van der Waals surface area contributed by atoms with Crippen LogP contribution in [0, 0.1) is 5.82 Å². The van der Waals surface area contributed by atoms with Gasteiger partial charge in [0.15, 0.2) is 11.5 Å². The predicted molar refractivity (Wildman–Crippen MR) is 82.9 cm³/mol. The SMILES string of the molecule is CCOc1cccc(CNc2cc(F)cc(Cl)c2)c1OC. The standard InChI is InChI=1S/C16H17ClFNO2/c1-3-21-15-6-4-5-11(16(15)20-2)10-19-14-8-12(17)7-13(18)9-14/h4-9,19H,3,10H2,1-2H3. The molecule has 0 aliphatic carbocycles. The Bertz CT molecular complexity index is 599. The molecule has 3 nitrogen and oxygen atoms in total. The van der Waals surface area contributed by atoms with E-state index < -0.39 is 0 Å². The van der Waals surface area contributed by atoms with Crippen molar-refractivity contribution in [1.29, 1.82) is 0 Å². The molecule has 2 rings (SSSR count). The number of ether oxygens (including phenoxy) is 2. The second-order valence-electron chi connectivity index (χ2n) is 4.39. The quantitative estimate of drug-likeness (QED) is 0.852. The van der Waals surface area contributed by atoms with Crippen LogP contribution in [0.25, 0.3) is 0 Å². The first-order chi connectivity index (χ1) is 10.1. The second-order valence-corrected chi connectivity index (χ2v) is 4.83. The summed E-state index contributed by atoms with van der Waals surface area (Å²) in [6, 6.07) is 10.0. The van der Waals surface area contributed by atoms with Crippen LogP contribution in [0.15, 0.2) is 36.4 Å². The van der Waals surface area contributed by atoms with E-state index in [4.69, 9.17) is 21.1 Å². The summed E-state index contributed by atoms with van der Waals surface area (Å²) in [6.45, 7) is 2.95. The monoisotopic (exact) mass is 309 g/mol. The Balaban J connectivity index is 2.17. The summed E-state index contributed by atoms with van der Waals surface area (Å²) in [6.07, 6.45) is 0. The zero-order valence-corrected chi connectivity index (χ0v) is 12.7. The van der Waals surface area contributed by atoms with Gasteiger partial charge in [0, 0.05) is 22.8 Å². The van der Waals surface area contributed by atoms with Crippen molar-refractivity contribution in [2.24, 2.45) is 0 Å². The maximum absolute atomic E-state index is 13.3. The number of hydrogen-bond donors (Lipinski definition) is 1. The molecule has 0 amide bonds. The van der Waals surface area contributed by atoms with Crippen LogP contribution in [0.2, 0.25) is 5.02 Å². The average Bonchev–Trinajstić information content (AvgIpc) is 2.44. The molecule has 0 radical (unpaired) electrons.